The van der Waals surface area contributed by atoms with E-state index >= 15 is 0 Å². The van der Waals surface area contributed by atoms with E-state index in [0.717, 1.165) is 11.8 Å². The third kappa shape index (κ3) is 5.14. The van der Waals surface area contributed by atoms with Gasteiger partial charge in [0.25, 0.3) is 0 Å². The number of hydrogen-bond donors (Lipinski definition) is 1. The molecule has 2 heteroatoms. The van der Waals surface area contributed by atoms with Crippen LogP contribution in [0, 0.1) is 11.8 Å². The molecule has 1 aliphatic rings. The van der Waals surface area contributed by atoms with E-state index in [4.69, 9.17) is 0 Å². The molecule has 0 saturated carbocycles. The molecule has 1 heterocycles. The summed E-state index contributed by atoms with van der Waals surface area (Å²) in [6.45, 7) is 8.02. The highest BCUT2D eigenvalue weighted by atomic mass is 32.2. The van der Waals surface area contributed by atoms with E-state index in [1.54, 1.807) is 0 Å². The smallest absolute Gasteiger partial charge is 0.0291 e. The summed E-state index contributed by atoms with van der Waals surface area (Å²) < 4.78 is 0. The highest BCUT2D eigenvalue weighted by Crippen LogP contribution is 2.23. The van der Waals surface area contributed by atoms with Gasteiger partial charge in [-0.2, -0.15) is 11.8 Å². The molecule has 0 aromatic heterocycles. The van der Waals surface area contributed by atoms with Crippen LogP contribution in [-0.4, -0.2) is 18.1 Å². The second-order valence-electron chi connectivity index (χ2n) is 6.53. The van der Waals surface area contributed by atoms with Crippen molar-refractivity contribution >= 4 is 11.8 Å². The van der Waals surface area contributed by atoms with Gasteiger partial charge in [-0.3, -0.25) is 0 Å². The summed E-state index contributed by atoms with van der Waals surface area (Å²) in [5, 5.41) is 3.72. The van der Waals surface area contributed by atoms with Crippen LogP contribution in [0.25, 0.3) is 0 Å². The van der Waals surface area contributed by atoms with Crippen LogP contribution in [0.1, 0.15) is 50.8 Å². The van der Waals surface area contributed by atoms with Gasteiger partial charge in [0.15, 0.2) is 0 Å². The molecular weight excluding hydrogens is 262 g/mol. The van der Waals surface area contributed by atoms with Gasteiger partial charge in [-0.1, -0.05) is 38.1 Å². The zero-order valence-electron chi connectivity index (χ0n) is 13.2. The van der Waals surface area contributed by atoms with Gasteiger partial charge in [-0.05, 0) is 67.2 Å². The predicted octanol–water partition coefficient (Wildman–Crippen LogP) is 4.68. The summed E-state index contributed by atoms with van der Waals surface area (Å²) in [6.07, 6.45) is 3.96. The zero-order valence-corrected chi connectivity index (χ0v) is 14.0. The van der Waals surface area contributed by atoms with Crippen molar-refractivity contribution in [2.45, 2.75) is 46.1 Å². The SMILES string of the molecule is CC(C)Cc1ccc(C(C)NCC2CCSCC2)cc1. The van der Waals surface area contributed by atoms with Crippen molar-refractivity contribution in [2.24, 2.45) is 11.8 Å². The molecule has 0 spiro atoms. The normalized spacial score (nSPS) is 18.4. The van der Waals surface area contributed by atoms with Crippen LogP contribution in [-0.2, 0) is 6.42 Å². The predicted molar refractivity (Wildman–Crippen MR) is 91.5 cm³/mol. The van der Waals surface area contributed by atoms with Gasteiger partial charge >= 0.3 is 0 Å². The van der Waals surface area contributed by atoms with Crippen LogP contribution in [0.15, 0.2) is 24.3 Å². The number of hydrogen-bond acceptors (Lipinski definition) is 2. The molecule has 1 atom stereocenters. The second-order valence-corrected chi connectivity index (χ2v) is 7.75. The van der Waals surface area contributed by atoms with Crippen LogP contribution in [0.3, 0.4) is 0 Å². The lowest BCUT2D eigenvalue weighted by Crippen LogP contribution is -2.28. The van der Waals surface area contributed by atoms with Crippen LogP contribution < -0.4 is 5.32 Å². The number of benzene rings is 1. The molecule has 1 aromatic carbocycles. The fourth-order valence-electron chi connectivity index (χ4n) is 2.83. The van der Waals surface area contributed by atoms with Crippen molar-refractivity contribution < 1.29 is 0 Å². The Morgan fingerprint density at radius 2 is 1.75 bits per heavy atom. The molecule has 1 N–H and O–H groups in total. The Hall–Kier alpha value is -0.470. The minimum atomic E-state index is 0.470. The van der Waals surface area contributed by atoms with Crippen molar-refractivity contribution in [1.29, 1.82) is 0 Å². The third-order valence-corrected chi connectivity index (χ3v) is 5.23. The lowest BCUT2D eigenvalue weighted by molar-refractivity contribution is 0.421. The highest BCUT2D eigenvalue weighted by Gasteiger charge is 2.14. The molecule has 1 saturated heterocycles. The molecule has 0 aliphatic carbocycles. The van der Waals surface area contributed by atoms with Crippen molar-refractivity contribution in [2.75, 3.05) is 18.1 Å². The Labute approximate surface area is 128 Å². The molecule has 112 valence electrons. The van der Waals surface area contributed by atoms with Gasteiger partial charge in [0.05, 0.1) is 0 Å². The monoisotopic (exact) mass is 291 g/mol. The number of thioether (sulfide) groups is 1. The van der Waals surface area contributed by atoms with E-state index in [2.05, 4.69) is 62.1 Å². The van der Waals surface area contributed by atoms with Crippen molar-refractivity contribution in [3.05, 3.63) is 35.4 Å². The lowest BCUT2D eigenvalue weighted by atomic mass is 9.99. The first kappa shape index (κ1) is 15.9. The Morgan fingerprint density at radius 3 is 2.35 bits per heavy atom. The van der Waals surface area contributed by atoms with Gasteiger partial charge in [0.1, 0.15) is 0 Å². The maximum Gasteiger partial charge on any atom is 0.0291 e. The molecular formula is C18H29NS. The summed E-state index contributed by atoms with van der Waals surface area (Å²) in [6, 6.07) is 9.66. The van der Waals surface area contributed by atoms with Crippen LogP contribution in [0.4, 0.5) is 0 Å². The number of nitrogens with one attached hydrogen (secondary N) is 1. The molecule has 0 radical (unpaired) electrons. The van der Waals surface area contributed by atoms with Crippen LogP contribution >= 0.6 is 11.8 Å². The van der Waals surface area contributed by atoms with Gasteiger partial charge in [0.2, 0.25) is 0 Å². The Kier molecular flexibility index (Phi) is 6.44. The molecule has 1 nitrogen and oxygen atoms in total. The molecule has 1 unspecified atom stereocenters. The average Bonchev–Trinajstić information content (AvgIpc) is 2.46. The van der Waals surface area contributed by atoms with Crippen LogP contribution in [0.2, 0.25) is 0 Å². The molecule has 2 rings (SSSR count). The van der Waals surface area contributed by atoms with E-state index < -0.39 is 0 Å². The minimum Gasteiger partial charge on any atom is -0.310 e. The van der Waals surface area contributed by atoms with Crippen molar-refractivity contribution in [3.63, 3.8) is 0 Å². The maximum absolute atomic E-state index is 3.72. The zero-order chi connectivity index (χ0) is 14.4. The molecule has 0 amide bonds. The van der Waals surface area contributed by atoms with Crippen LogP contribution in [0.5, 0.6) is 0 Å². The van der Waals surface area contributed by atoms with E-state index in [-0.39, 0.29) is 0 Å². The lowest BCUT2D eigenvalue weighted by Gasteiger charge is -2.24. The Bertz CT molecular complexity index is 379. The molecule has 0 bridgehead atoms. The Balaban J connectivity index is 1.80. The van der Waals surface area contributed by atoms with Crippen molar-refractivity contribution in [1.82, 2.24) is 5.32 Å². The summed E-state index contributed by atoms with van der Waals surface area (Å²) in [5.41, 5.74) is 2.88. The van der Waals surface area contributed by atoms with Gasteiger partial charge < -0.3 is 5.32 Å². The average molecular weight is 292 g/mol. The first-order valence-corrected chi connectivity index (χ1v) is 9.20. The summed E-state index contributed by atoms with van der Waals surface area (Å²) >= 11 is 2.11. The van der Waals surface area contributed by atoms with E-state index in [1.165, 1.54) is 48.4 Å². The van der Waals surface area contributed by atoms with Gasteiger partial charge in [-0.15, -0.1) is 0 Å². The van der Waals surface area contributed by atoms with E-state index in [9.17, 15) is 0 Å². The summed E-state index contributed by atoms with van der Waals surface area (Å²) in [5.74, 6) is 4.33. The third-order valence-electron chi connectivity index (χ3n) is 4.18. The van der Waals surface area contributed by atoms with Gasteiger partial charge in [-0.25, -0.2) is 0 Å². The number of rotatable bonds is 6. The van der Waals surface area contributed by atoms with E-state index in [1.807, 2.05) is 0 Å². The topological polar surface area (TPSA) is 12.0 Å². The fourth-order valence-corrected chi connectivity index (χ4v) is 4.03. The Morgan fingerprint density at radius 1 is 1.10 bits per heavy atom. The molecule has 1 aromatic rings. The fraction of sp³-hybridized carbons (Fsp3) is 0.667. The van der Waals surface area contributed by atoms with E-state index in [0.29, 0.717) is 6.04 Å². The molecule has 1 aliphatic heterocycles. The first-order valence-electron chi connectivity index (χ1n) is 8.05. The standard InChI is InChI=1S/C18H29NS/c1-14(2)12-16-4-6-18(7-5-16)15(3)19-13-17-8-10-20-11-9-17/h4-7,14-15,17,19H,8-13H2,1-3H3. The maximum atomic E-state index is 3.72. The van der Waals surface area contributed by atoms with Gasteiger partial charge in [0, 0.05) is 6.04 Å². The summed E-state index contributed by atoms with van der Waals surface area (Å²) in [4.78, 5) is 0. The largest absolute Gasteiger partial charge is 0.310 e. The molecule has 20 heavy (non-hydrogen) atoms. The minimum absolute atomic E-state index is 0.470. The first-order chi connectivity index (χ1) is 9.65. The molecule has 1 fully saturated rings. The highest BCUT2D eigenvalue weighted by molar-refractivity contribution is 7.99. The second kappa shape index (κ2) is 8.09. The summed E-state index contributed by atoms with van der Waals surface area (Å²) in [7, 11) is 0. The van der Waals surface area contributed by atoms with Crippen molar-refractivity contribution in [3.8, 4) is 0 Å². The quantitative estimate of drug-likeness (QED) is 0.817.